The normalized spacial score (nSPS) is 16.4. The fraction of sp³-hybridized carbons (Fsp3) is 0.167. The van der Waals surface area contributed by atoms with Crippen molar-refractivity contribution in [2.45, 2.75) is 19.6 Å². The number of anilines is 1. The summed E-state index contributed by atoms with van der Waals surface area (Å²) in [5.74, 6) is -0.287. The number of amides is 1. The molecule has 0 aliphatic carbocycles. The number of Topliss-reactive ketones (excluding diaryl/α,β-unsaturated/α-hetero) is 1. The molecule has 0 saturated carbocycles. The van der Waals surface area contributed by atoms with E-state index in [-0.39, 0.29) is 11.3 Å². The Hall–Kier alpha value is -4.63. The predicted octanol–water partition coefficient (Wildman–Crippen LogP) is 5.76. The van der Waals surface area contributed by atoms with E-state index in [9.17, 15) is 14.7 Å². The molecule has 1 N–H and O–H groups in total. The molecule has 8 nitrogen and oxygen atoms in total. The summed E-state index contributed by atoms with van der Waals surface area (Å²) >= 11 is 1.23. The largest absolute Gasteiger partial charge is 0.507 e. The maximum Gasteiger partial charge on any atom is 0.301 e. The van der Waals surface area contributed by atoms with Crippen molar-refractivity contribution in [3.05, 3.63) is 107 Å². The molecular weight excluding hydrogens is 516 g/mol. The lowest BCUT2D eigenvalue weighted by Crippen LogP contribution is -2.29. The molecular formula is C30H26N2O6S. The Balaban J connectivity index is 1.59. The van der Waals surface area contributed by atoms with E-state index in [1.54, 1.807) is 54.0 Å². The zero-order valence-corrected chi connectivity index (χ0v) is 22.2. The maximum atomic E-state index is 13.4. The average Bonchev–Trinajstić information content (AvgIpc) is 3.59. The van der Waals surface area contributed by atoms with Crippen molar-refractivity contribution < 1.29 is 28.9 Å². The number of ketones is 1. The maximum absolute atomic E-state index is 13.4. The number of hydrogen-bond donors (Lipinski definition) is 1. The SMILES string of the molecule is CCOc1cc(C2/C(=C(\O)c3ccc(OC)cc3)C(=O)C(=O)N2c2nccs2)ccc1OCc1ccccc1. The second-order valence-corrected chi connectivity index (χ2v) is 9.50. The Morgan fingerprint density at radius 3 is 2.44 bits per heavy atom. The number of carbonyl (C=O) groups excluding carboxylic acids is 2. The molecule has 1 aliphatic rings. The van der Waals surface area contributed by atoms with Crippen LogP contribution >= 0.6 is 11.3 Å². The van der Waals surface area contributed by atoms with Crippen molar-refractivity contribution in [3.63, 3.8) is 0 Å². The minimum Gasteiger partial charge on any atom is -0.507 e. The van der Waals surface area contributed by atoms with Gasteiger partial charge in [-0.15, -0.1) is 11.3 Å². The van der Waals surface area contributed by atoms with Crippen LogP contribution in [0.4, 0.5) is 5.13 Å². The highest BCUT2D eigenvalue weighted by molar-refractivity contribution is 7.14. The second-order valence-electron chi connectivity index (χ2n) is 8.63. The van der Waals surface area contributed by atoms with E-state index >= 15 is 0 Å². The summed E-state index contributed by atoms with van der Waals surface area (Å²) in [4.78, 5) is 32.2. The van der Waals surface area contributed by atoms with Crippen LogP contribution in [0.3, 0.4) is 0 Å². The van der Waals surface area contributed by atoms with Gasteiger partial charge in [-0.3, -0.25) is 14.5 Å². The monoisotopic (exact) mass is 542 g/mol. The molecule has 3 aromatic carbocycles. The Morgan fingerprint density at radius 1 is 1.00 bits per heavy atom. The molecule has 1 aliphatic heterocycles. The summed E-state index contributed by atoms with van der Waals surface area (Å²) < 4.78 is 17.1. The molecule has 0 bridgehead atoms. The third-order valence-electron chi connectivity index (χ3n) is 6.25. The number of carbonyl (C=O) groups is 2. The van der Waals surface area contributed by atoms with Gasteiger partial charge < -0.3 is 19.3 Å². The highest BCUT2D eigenvalue weighted by atomic mass is 32.1. The molecule has 1 saturated heterocycles. The number of hydrogen-bond acceptors (Lipinski definition) is 8. The van der Waals surface area contributed by atoms with Gasteiger partial charge in [0.25, 0.3) is 5.78 Å². The lowest BCUT2D eigenvalue weighted by Gasteiger charge is -2.24. The van der Waals surface area contributed by atoms with Crippen LogP contribution in [0.1, 0.15) is 29.7 Å². The standard InChI is InChI=1S/C30H26N2O6S/c1-3-37-24-17-21(11-14-23(24)38-18-19-7-5-4-6-8-19)26-25(27(33)20-9-12-22(36-2)13-10-20)28(34)29(35)32(26)30-31-15-16-39-30/h4-17,26,33H,3,18H2,1-2H3/b27-25+. The molecule has 0 spiro atoms. The average molecular weight is 543 g/mol. The van der Waals surface area contributed by atoms with Crippen LogP contribution in [0.5, 0.6) is 17.2 Å². The smallest absolute Gasteiger partial charge is 0.301 e. The van der Waals surface area contributed by atoms with Crippen molar-refractivity contribution in [1.29, 1.82) is 0 Å². The van der Waals surface area contributed by atoms with Crippen LogP contribution in [0.15, 0.2) is 89.9 Å². The molecule has 5 rings (SSSR count). The van der Waals surface area contributed by atoms with E-state index in [1.807, 2.05) is 37.3 Å². The first-order chi connectivity index (χ1) is 19.0. The Morgan fingerprint density at radius 2 is 1.77 bits per heavy atom. The van der Waals surface area contributed by atoms with Crippen molar-refractivity contribution in [2.75, 3.05) is 18.6 Å². The summed E-state index contributed by atoms with van der Waals surface area (Å²) in [5, 5.41) is 13.4. The first kappa shape index (κ1) is 26.0. The number of methoxy groups -OCH3 is 1. The molecule has 1 unspecified atom stereocenters. The first-order valence-electron chi connectivity index (χ1n) is 12.3. The molecule has 0 radical (unpaired) electrons. The van der Waals surface area contributed by atoms with Gasteiger partial charge in [-0.25, -0.2) is 4.98 Å². The van der Waals surface area contributed by atoms with E-state index in [0.29, 0.717) is 46.7 Å². The zero-order valence-electron chi connectivity index (χ0n) is 21.4. The van der Waals surface area contributed by atoms with Gasteiger partial charge in [-0.1, -0.05) is 36.4 Å². The van der Waals surface area contributed by atoms with Gasteiger partial charge in [0.2, 0.25) is 0 Å². The van der Waals surface area contributed by atoms with Crippen molar-refractivity contribution >= 4 is 33.9 Å². The Labute approximate surface area is 229 Å². The number of aliphatic hydroxyl groups excluding tert-OH is 1. The molecule has 1 fully saturated rings. The van der Waals surface area contributed by atoms with Crippen LogP contribution in [-0.4, -0.2) is 35.5 Å². The number of aliphatic hydroxyl groups is 1. The molecule has 4 aromatic rings. The first-order valence-corrected chi connectivity index (χ1v) is 13.2. The summed E-state index contributed by atoms with van der Waals surface area (Å²) in [5.41, 5.74) is 1.90. The van der Waals surface area contributed by atoms with Crippen LogP contribution in [-0.2, 0) is 16.2 Å². The lowest BCUT2D eigenvalue weighted by atomic mass is 9.95. The highest BCUT2D eigenvalue weighted by Gasteiger charge is 2.48. The van der Waals surface area contributed by atoms with Crippen LogP contribution < -0.4 is 19.1 Å². The molecule has 1 amide bonds. The molecule has 1 atom stereocenters. The molecule has 39 heavy (non-hydrogen) atoms. The molecule has 198 valence electrons. The minimum atomic E-state index is -0.930. The Kier molecular flexibility index (Phi) is 7.60. The highest BCUT2D eigenvalue weighted by Crippen LogP contribution is 2.44. The third kappa shape index (κ3) is 5.21. The van der Waals surface area contributed by atoms with E-state index in [1.165, 1.54) is 23.3 Å². The molecule has 9 heteroatoms. The summed E-state index contributed by atoms with van der Waals surface area (Å²) in [7, 11) is 1.54. The minimum absolute atomic E-state index is 0.0410. The number of rotatable bonds is 9. The summed E-state index contributed by atoms with van der Waals surface area (Å²) in [6.07, 6.45) is 1.56. The number of benzene rings is 3. The van der Waals surface area contributed by atoms with Gasteiger partial charge in [-0.2, -0.15) is 0 Å². The van der Waals surface area contributed by atoms with Gasteiger partial charge in [0.1, 0.15) is 18.1 Å². The van der Waals surface area contributed by atoms with Crippen molar-refractivity contribution in [3.8, 4) is 17.2 Å². The quantitative estimate of drug-likeness (QED) is 0.163. The number of nitrogens with zero attached hydrogens (tertiary/aromatic N) is 2. The summed E-state index contributed by atoms with van der Waals surface area (Å²) in [6.45, 7) is 2.58. The fourth-order valence-electron chi connectivity index (χ4n) is 4.40. The van der Waals surface area contributed by atoms with Gasteiger partial charge >= 0.3 is 5.91 Å². The van der Waals surface area contributed by atoms with Crippen molar-refractivity contribution in [2.24, 2.45) is 0 Å². The van der Waals surface area contributed by atoms with E-state index in [4.69, 9.17) is 14.2 Å². The molecule has 1 aromatic heterocycles. The van der Waals surface area contributed by atoms with Crippen LogP contribution in [0.2, 0.25) is 0 Å². The Bertz CT molecular complexity index is 1500. The molecule has 2 heterocycles. The van der Waals surface area contributed by atoms with Crippen LogP contribution in [0, 0.1) is 0 Å². The third-order valence-corrected chi connectivity index (χ3v) is 7.02. The predicted molar refractivity (Wildman–Crippen MR) is 148 cm³/mol. The fourth-order valence-corrected chi connectivity index (χ4v) is 5.07. The van der Waals surface area contributed by atoms with Gasteiger partial charge in [-0.05, 0) is 54.4 Å². The summed E-state index contributed by atoms with van der Waals surface area (Å²) in [6, 6.07) is 20.7. The topological polar surface area (TPSA) is 98.2 Å². The number of thiazole rings is 1. The lowest BCUT2D eigenvalue weighted by molar-refractivity contribution is -0.132. The van der Waals surface area contributed by atoms with Gasteiger partial charge in [0.15, 0.2) is 16.6 Å². The van der Waals surface area contributed by atoms with Gasteiger partial charge in [0, 0.05) is 17.1 Å². The second kappa shape index (κ2) is 11.4. The van der Waals surface area contributed by atoms with E-state index in [0.717, 1.165) is 5.56 Å². The van der Waals surface area contributed by atoms with E-state index < -0.39 is 17.7 Å². The zero-order chi connectivity index (χ0) is 27.4. The van der Waals surface area contributed by atoms with Crippen LogP contribution in [0.25, 0.3) is 5.76 Å². The van der Waals surface area contributed by atoms with Crippen molar-refractivity contribution in [1.82, 2.24) is 4.98 Å². The number of aromatic nitrogens is 1. The number of ether oxygens (including phenoxy) is 3. The van der Waals surface area contributed by atoms with E-state index in [2.05, 4.69) is 4.98 Å². The van der Waals surface area contributed by atoms with Gasteiger partial charge in [0.05, 0.1) is 25.3 Å².